The second-order valence-electron chi connectivity index (χ2n) is 11.6. The highest BCUT2D eigenvalue weighted by atomic mass is 32.2. The Balaban J connectivity index is 1.67. The Hall–Kier alpha value is -4.63. The first kappa shape index (κ1) is 34.7. The van der Waals surface area contributed by atoms with Crippen LogP contribution in [0.2, 0.25) is 0 Å². The van der Waals surface area contributed by atoms with Gasteiger partial charge >= 0.3 is 0 Å². The Kier molecular flexibility index (Phi) is 10.3. The normalized spacial score (nSPS) is 14.7. The second-order valence-corrected chi connectivity index (χ2v) is 13.7. The molecule has 1 N–H and O–H groups in total. The number of aliphatic hydroxyl groups excluding tert-OH is 1. The van der Waals surface area contributed by atoms with Crippen LogP contribution in [0.25, 0.3) is 10.9 Å². The number of halogens is 1. The van der Waals surface area contributed by atoms with Crippen LogP contribution in [0.15, 0.2) is 47.3 Å². The number of benzene rings is 2. The summed E-state index contributed by atoms with van der Waals surface area (Å²) in [6, 6.07) is 10.7. The standard InChI is InChI=1S/C33H40FN5O8S/c1-6-37-18-21(2)39-28-27(30(46-5)29(39)33(37)42)32(41)38(35-31(28)36(3)48(43,44)16-8-7-15-40)19-23-11-12-24(34)17-26(23)47-20-22-9-13-25(45-4)14-10-22/h9-14,17,21,40H,6-8,15-16,18-20H2,1-5H3/t21-/m0/s1. The molecule has 0 radical (unpaired) electrons. The average Bonchev–Trinajstić information content (AvgIpc) is 3.44. The minimum absolute atomic E-state index is 0.00382. The van der Waals surface area contributed by atoms with E-state index in [1.165, 1.54) is 32.4 Å². The van der Waals surface area contributed by atoms with Gasteiger partial charge in [0.05, 0.1) is 26.5 Å². The summed E-state index contributed by atoms with van der Waals surface area (Å²) in [5.74, 6) is -0.421. The first-order chi connectivity index (χ1) is 22.9. The molecule has 5 rings (SSSR count). The van der Waals surface area contributed by atoms with Gasteiger partial charge in [0.25, 0.3) is 11.5 Å². The number of likely N-dealkylation sites (N-methyl/N-ethyl adjacent to an activating group) is 1. The van der Waals surface area contributed by atoms with Gasteiger partial charge < -0.3 is 28.8 Å². The molecule has 1 aliphatic rings. The maximum absolute atomic E-state index is 14.5. The van der Waals surface area contributed by atoms with Gasteiger partial charge in [-0.2, -0.15) is 0 Å². The van der Waals surface area contributed by atoms with Gasteiger partial charge in [-0.1, -0.05) is 18.2 Å². The van der Waals surface area contributed by atoms with Crippen molar-refractivity contribution in [1.82, 2.24) is 19.2 Å². The monoisotopic (exact) mass is 685 g/mol. The van der Waals surface area contributed by atoms with Crippen LogP contribution in [0.4, 0.5) is 10.2 Å². The van der Waals surface area contributed by atoms with Crippen LogP contribution in [0.3, 0.4) is 0 Å². The van der Waals surface area contributed by atoms with E-state index in [2.05, 4.69) is 5.10 Å². The van der Waals surface area contributed by atoms with Crippen LogP contribution in [-0.4, -0.2) is 85.4 Å². The molecule has 1 aliphatic heterocycles. The molecule has 0 unspecified atom stereocenters. The lowest BCUT2D eigenvalue weighted by Crippen LogP contribution is -2.42. The zero-order chi connectivity index (χ0) is 34.7. The van der Waals surface area contributed by atoms with Crippen LogP contribution < -0.4 is 24.1 Å². The van der Waals surface area contributed by atoms with Crippen molar-refractivity contribution in [3.63, 3.8) is 0 Å². The van der Waals surface area contributed by atoms with Gasteiger partial charge in [0.15, 0.2) is 17.3 Å². The number of ether oxygens (including phenoxy) is 3. The Bertz CT molecular complexity index is 1980. The lowest BCUT2D eigenvalue weighted by Gasteiger charge is -2.33. The van der Waals surface area contributed by atoms with E-state index in [-0.39, 0.29) is 84.2 Å². The summed E-state index contributed by atoms with van der Waals surface area (Å²) in [4.78, 5) is 29.6. The highest BCUT2D eigenvalue weighted by Gasteiger charge is 2.39. The highest BCUT2D eigenvalue weighted by molar-refractivity contribution is 7.92. The third kappa shape index (κ3) is 6.56. The summed E-state index contributed by atoms with van der Waals surface area (Å²) in [5.41, 5.74) is 0.849. The molecule has 4 aromatic rings. The number of anilines is 1. The lowest BCUT2D eigenvalue weighted by molar-refractivity contribution is 0.0685. The first-order valence-electron chi connectivity index (χ1n) is 15.6. The number of hydrogen-bond acceptors (Lipinski definition) is 9. The van der Waals surface area contributed by atoms with E-state index >= 15 is 0 Å². The number of hydrogen-bond donors (Lipinski definition) is 1. The molecule has 0 aliphatic carbocycles. The minimum atomic E-state index is -4.00. The van der Waals surface area contributed by atoms with Gasteiger partial charge in [-0.25, -0.2) is 17.5 Å². The third-order valence-electron chi connectivity index (χ3n) is 8.47. The van der Waals surface area contributed by atoms with Gasteiger partial charge in [0.1, 0.15) is 34.8 Å². The topological polar surface area (TPSA) is 145 Å². The molecule has 48 heavy (non-hydrogen) atoms. The maximum Gasteiger partial charge on any atom is 0.280 e. The predicted molar refractivity (Wildman–Crippen MR) is 178 cm³/mol. The molecule has 2 aromatic carbocycles. The van der Waals surface area contributed by atoms with E-state index in [1.54, 1.807) is 28.7 Å². The molecule has 0 bridgehead atoms. The van der Waals surface area contributed by atoms with E-state index in [4.69, 9.17) is 14.2 Å². The Morgan fingerprint density at radius 3 is 2.46 bits per heavy atom. The summed E-state index contributed by atoms with van der Waals surface area (Å²) < 4.78 is 62.3. The van der Waals surface area contributed by atoms with Crippen LogP contribution >= 0.6 is 0 Å². The molecular formula is C33H40FN5O8S. The average molecular weight is 686 g/mol. The zero-order valence-electron chi connectivity index (χ0n) is 27.6. The number of sulfonamides is 1. The molecule has 15 heteroatoms. The van der Waals surface area contributed by atoms with Crippen molar-refractivity contribution in [3.8, 4) is 17.2 Å². The van der Waals surface area contributed by atoms with E-state index in [0.717, 1.165) is 14.6 Å². The molecule has 0 fully saturated rings. The first-order valence-corrected chi connectivity index (χ1v) is 17.2. The molecular weight excluding hydrogens is 645 g/mol. The van der Waals surface area contributed by atoms with E-state index in [0.29, 0.717) is 24.4 Å². The fourth-order valence-corrected chi connectivity index (χ4v) is 7.12. The van der Waals surface area contributed by atoms with Gasteiger partial charge in [-0.05, 0) is 50.5 Å². The van der Waals surface area contributed by atoms with Crippen LogP contribution in [-0.2, 0) is 23.2 Å². The molecule has 258 valence electrons. The minimum Gasteiger partial charge on any atom is -0.497 e. The van der Waals surface area contributed by atoms with Crippen molar-refractivity contribution in [2.24, 2.45) is 0 Å². The van der Waals surface area contributed by atoms with Crippen molar-refractivity contribution in [3.05, 3.63) is 75.5 Å². The number of amides is 1. The number of aromatic nitrogens is 3. The largest absolute Gasteiger partial charge is 0.497 e. The van der Waals surface area contributed by atoms with Crippen molar-refractivity contribution in [2.75, 3.05) is 51.0 Å². The molecule has 3 heterocycles. The maximum atomic E-state index is 14.5. The molecule has 1 atom stereocenters. The number of aliphatic hydroxyl groups is 1. The number of methoxy groups -OCH3 is 2. The predicted octanol–water partition coefficient (Wildman–Crippen LogP) is 3.56. The van der Waals surface area contributed by atoms with E-state index < -0.39 is 21.4 Å². The van der Waals surface area contributed by atoms with Crippen molar-refractivity contribution in [1.29, 1.82) is 0 Å². The molecule has 2 aromatic heterocycles. The summed E-state index contributed by atoms with van der Waals surface area (Å²) in [7, 11) is 0.254. The van der Waals surface area contributed by atoms with Gasteiger partial charge in [0, 0.05) is 44.4 Å². The Morgan fingerprint density at radius 1 is 1.08 bits per heavy atom. The third-order valence-corrected chi connectivity index (χ3v) is 10.3. The van der Waals surface area contributed by atoms with Gasteiger partial charge in [-0.15, -0.1) is 5.10 Å². The second kappa shape index (κ2) is 14.2. The number of nitrogens with zero attached hydrogens (tertiary/aromatic N) is 5. The van der Waals surface area contributed by atoms with Gasteiger partial charge in [-0.3, -0.25) is 13.9 Å². The Morgan fingerprint density at radius 2 is 1.81 bits per heavy atom. The fraction of sp³-hybridized carbons (Fsp3) is 0.424. The molecule has 0 saturated carbocycles. The number of carbonyl (C=O) groups excluding carboxylic acids is 1. The van der Waals surface area contributed by atoms with Crippen LogP contribution in [0.5, 0.6) is 17.2 Å². The smallest absolute Gasteiger partial charge is 0.280 e. The summed E-state index contributed by atoms with van der Waals surface area (Å²) in [6.07, 6.45) is 0.484. The summed E-state index contributed by atoms with van der Waals surface area (Å²) in [5, 5.41) is 13.8. The highest BCUT2D eigenvalue weighted by Crippen LogP contribution is 2.41. The fourth-order valence-electron chi connectivity index (χ4n) is 5.89. The van der Waals surface area contributed by atoms with Crippen LogP contribution in [0.1, 0.15) is 54.3 Å². The SMILES string of the molecule is CCN1C[C@H](C)n2c(c(OC)c3c(=O)n(Cc4ccc(F)cc4OCc4ccc(OC)cc4)nc(N(C)S(=O)(=O)CCCCO)c32)C1=O. The summed E-state index contributed by atoms with van der Waals surface area (Å²) >= 11 is 0. The number of unbranched alkanes of at least 4 members (excludes halogenated alkanes) is 1. The Labute approximate surface area is 278 Å². The zero-order valence-corrected chi connectivity index (χ0v) is 28.4. The van der Waals surface area contributed by atoms with Crippen molar-refractivity contribution < 1.29 is 36.9 Å². The molecule has 0 saturated heterocycles. The van der Waals surface area contributed by atoms with Gasteiger partial charge in [0.2, 0.25) is 10.0 Å². The molecule has 13 nitrogen and oxygen atoms in total. The van der Waals surface area contributed by atoms with E-state index in [9.17, 15) is 27.5 Å². The van der Waals surface area contributed by atoms with Crippen LogP contribution in [0, 0.1) is 5.82 Å². The van der Waals surface area contributed by atoms with Crippen molar-refractivity contribution in [2.45, 2.75) is 45.9 Å². The molecule has 0 spiro atoms. The molecule has 1 amide bonds. The number of fused-ring (bicyclic) bond motifs is 3. The van der Waals surface area contributed by atoms with E-state index in [1.807, 2.05) is 26.0 Å². The quantitative estimate of drug-likeness (QED) is 0.197. The number of carbonyl (C=O) groups is 1. The lowest BCUT2D eigenvalue weighted by atomic mass is 10.2. The number of rotatable bonds is 14. The van der Waals surface area contributed by atoms with Crippen molar-refractivity contribution >= 4 is 32.7 Å². The summed E-state index contributed by atoms with van der Waals surface area (Å²) in [6.45, 7) is 4.18.